The van der Waals surface area contributed by atoms with Gasteiger partial charge in [-0.1, -0.05) is 41.4 Å². The molecule has 1 N–H and O–H groups in total. The maximum Gasteiger partial charge on any atom is 0.259 e. The molecule has 0 radical (unpaired) electrons. The van der Waals surface area contributed by atoms with Crippen LogP contribution in [0.1, 0.15) is 27.3 Å². The van der Waals surface area contributed by atoms with E-state index in [2.05, 4.69) is 10.4 Å². The number of nitrogens with zero attached hydrogens (tertiary/aromatic N) is 2. The second-order valence-electron chi connectivity index (χ2n) is 5.88. The Hall–Kier alpha value is -2.37. The summed E-state index contributed by atoms with van der Waals surface area (Å²) in [7, 11) is 0. The first-order valence-electron chi connectivity index (χ1n) is 7.90. The van der Waals surface area contributed by atoms with Crippen molar-refractivity contribution in [1.29, 1.82) is 0 Å². The van der Waals surface area contributed by atoms with Gasteiger partial charge in [0.2, 0.25) is 0 Å². The summed E-state index contributed by atoms with van der Waals surface area (Å²) in [4.78, 5) is 12.7. The van der Waals surface area contributed by atoms with Crippen molar-refractivity contribution in [3.8, 4) is 0 Å². The Morgan fingerprint density at radius 1 is 1.15 bits per heavy atom. The number of hydrogen-bond donors (Lipinski definition) is 1. The molecule has 1 aromatic heterocycles. The summed E-state index contributed by atoms with van der Waals surface area (Å²) in [6.07, 6.45) is 0. The van der Waals surface area contributed by atoms with E-state index in [9.17, 15) is 9.18 Å². The maximum atomic E-state index is 13.3. The Bertz CT molecular complexity index is 985. The first kappa shape index (κ1) is 18.4. The molecule has 1 heterocycles. The van der Waals surface area contributed by atoms with Crippen LogP contribution in [0.25, 0.3) is 0 Å². The highest BCUT2D eigenvalue weighted by Gasteiger charge is 2.19. The average molecular weight is 392 g/mol. The molecular weight excluding hydrogens is 376 g/mol. The molecule has 3 aromatic rings. The molecule has 0 atom stereocenters. The van der Waals surface area contributed by atoms with Gasteiger partial charge in [-0.05, 0) is 43.7 Å². The number of rotatable bonds is 4. The van der Waals surface area contributed by atoms with Crippen molar-refractivity contribution in [2.45, 2.75) is 20.4 Å². The number of carbonyl (C=O) groups is 1. The number of aryl methyl sites for hydroxylation is 1. The fourth-order valence-corrected chi connectivity index (χ4v) is 3.11. The molecule has 0 unspecified atom stereocenters. The van der Waals surface area contributed by atoms with Crippen molar-refractivity contribution in [2.75, 3.05) is 5.32 Å². The van der Waals surface area contributed by atoms with E-state index in [1.54, 1.807) is 11.6 Å². The van der Waals surface area contributed by atoms with Crippen LogP contribution in [0.5, 0.6) is 0 Å². The van der Waals surface area contributed by atoms with Gasteiger partial charge >= 0.3 is 0 Å². The Morgan fingerprint density at radius 3 is 2.58 bits per heavy atom. The lowest BCUT2D eigenvalue weighted by molar-refractivity contribution is 0.102. The zero-order chi connectivity index (χ0) is 18.8. The van der Waals surface area contributed by atoms with Crippen LogP contribution in [0.4, 0.5) is 10.1 Å². The summed E-state index contributed by atoms with van der Waals surface area (Å²) in [5.41, 5.74) is 3.11. The van der Waals surface area contributed by atoms with Crippen LogP contribution >= 0.6 is 23.2 Å². The first-order valence-corrected chi connectivity index (χ1v) is 8.66. The molecule has 0 saturated heterocycles. The van der Waals surface area contributed by atoms with Crippen molar-refractivity contribution in [2.24, 2.45) is 0 Å². The SMILES string of the molecule is Cc1nn(Cc2ccccc2Cl)c(C)c1C(=O)Nc1ccc(F)c(Cl)c1. The van der Waals surface area contributed by atoms with Crippen molar-refractivity contribution in [3.63, 3.8) is 0 Å². The van der Waals surface area contributed by atoms with E-state index in [1.165, 1.54) is 18.2 Å². The van der Waals surface area contributed by atoms with Crippen molar-refractivity contribution in [3.05, 3.63) is 80.8 Å². The number of anilines is 1. The predicted octanol–water partition coefficient (Wildman–Crippen LogP) is 5.25. The number of carbonyl (C=O) groups excluding carboxylic acids is 1. The summed E-state index contributed by atoms with van der Waals surface area (Å²) in [5.74, 6) is -0.863. The molecule has 0 fully saturated rings. The standard InChI is InChI=1S/C19H16Cl2FN3O/c1-11-18(19(26)23-14-7-8-17(22)16(21)9-14)12(2)25(24-11)10-13-5-3-4-6-15(13)20/h3-9H,10H2,1-2H3,(H,23,26). The summed E-state index contributed by atoms with van der Waals surface area (Å²) < 4.78 is 15.0. The molecule has 0 aliphatic heterocycles. The van der Waals surface area contributed by atoms with Crippen LogP contribution in [-0.2, 0) is 6.54 Å². The van der Waals surface area contributed by atoms with Crippen LogP contribution in [0.3, 0.4) is 0 Å². The molecule has 4 nitrogen and oxygen atoms in total. The molecule has 0 aliphatic rings. The zero-order valence-electron chi connectivity index (χ0n) is 14.2. The molecule has 7 heteroatoms. The number of aromatic nitrogens is 2. The minimum Gasteiger partial charge on any atom is -0.322 e. The van der Waals surface area contributed by atoms with Gasteiger partial charge in [-0.25, -0.2) is 4.39 Å². The van der Waals surface area contributed by atoms with Gasteiger partial charge in [0.25, 0.3) is 5.91 Å². The highest BCUT2D eigenvalue weighted by atomic mass is 35.5. The van der Waals surface area contributed by atoms with Crippen LogP contribution in [0.2, 0.25) is 10.0 Å². The van der Waals surface area contributed by atoms with Gasteiger partial charge in [0.1, 0.15) is 5.82 Å². The third kappa shape index (κ3) is 3.74. The van der Waals surface area contributed by atoms with Gasteiger partial charge in [0, 0.05) is 16.4 Å². The van der Waals surface area contributed by atoms with Gasteiger partial charge in [0.05, 0.1) is 22.8 Å². The van der Waals surface area contributed by atoms with Gasteiger partial charge in [-0.15, -0.1) is 0 Å². The number of hydrogen-bond acceptors (Lipinski definition) is 2. The van der Waals surface area contributed by atoms with Crippen molar-refractivity contribution < 1.29 is 9.18 Å². The average Bonchev–Trinajstić information content (AvgIpc) is 2.87. The first-order chi connectivity index (χ1) is 12.4. The molecule has 0 spiro atoms. The quantitative estimate of drug-likeness (QED) is 0.660. The zero-order valence-corrected chi connectivity index (χ0v) is 15.7. The number of halogens is 3. The predicted molar refractivity (Wildman–Crippen MR) is 102 cm³/mol. The Balaban J connectivity index is 1.86. The molecule has 0 saturated carbocycles. The lowest BCUT2D eigenvalue weighted by Gasteiger charge is -2.08. The van der Waals surface area contributed by atoms with Crippen LogP contribution < -0.4 is 5.32 Å². The topological polar surface area (TPSA) is 46.9 Å². The smallest absolute Gasteiger partial charge is 0.259 e. The number of amides is 1. The molecule has 26 heavy (non-hydrogen) atoms. The van der Waals surface area contributed by atoms with E-state index in [0.717, 1.165) is 5.56 Å². The molecule has 134 valence electrons. The van der Waals surface area contributed by atoms with E-state index in [4.69, 9.17) is 23.2 Å². The third-order valence-corrected chi connectivity index (χ3v) is 4.72. The van der Waals surface area contributed by atoms with E-state index in [1.807, 2.05) is 31.2 Å². The molecule has 2 aromatic carbocycles. The largest absolute Gasteiger partial charge is 0.322 e. The summed E-state index contributed by atoms with van der Waals surface area (Å²) in [6, 6.07) is 11.5. The Kier molecular flexibility index (Phi) is 5.30. The fourth-order valence-electron chi connectivity index (χ4n) is 2.73. The summed E-state index contributed by atoms with van der Waals surface area (Å²) >= 11 is 12.0. The summed E-state index contributed by atoms with van der Waals surface area (Å²) in [5, 5.41) is 7.77. The second-order valence-corrected chi connectivity index (χ2v) is 6.69. The Morgan fingerprint density at radius 2 is 1.88 bits per heavy atom. The van der Waals surface area contributed by atoms with E-state index >= 15 is 0 Å². The second kappa shape index (κ2) is 7.48. The van der Waals surface area contributed by atoms with Gasteiger partial charge in [-0.3, -0.25) is 9.48 Å². The van der Waals surface area contributed by atoms with Gasteiger partial charge in [0.15, 0.2) is 0 Å². The van der Waals surface area contributed by atoms with Gasteiger partial charge < -0.3 is 5.32 Å². The normalized spacial score (nSPS) is 10.8. The Labute approximate surface area is 160 Å². The number of nitrogens with one attached hydrogen (secondary N) is 1. The minimum atomic E-state index is -0.537. The minimum absolute atomic E-state index is 0.0503. The van der Waals surface area contributed by atoms with E-state index in [0.29, 0.717) is 34.2 Å². The molecule has 1 amide bonds. The molecule has 3 rings (SSSR count). The van der Waals surface area contributed by atoms with Crippen LogP contribution in [0, 0.1) is 19.7 Å². The molecule has 0 bridgehead atoms. The lowest BCUT2D eigenvalue weighted by atomic mass is 10.1. The van der Waals surface area contributed by atoms with Crippen molar-refractivity contribution >= 4 is 34.8 Å². The number of benzene rings is 2. The third-order valence-electron chi connectivity index (χ3n) is 4.06. The van der Waals surface area contributed by atoms with E-state index in [-0.39, 0.29) is 10.9 Å². The highest BCUT2D eigenvalue weighted by Crippen LogP contribution is 2.22. The lowest BCUT2D eigenvalue weighted by Crippen LogP contribution is -2.14. The van der Waals surface area contributed by atoms with E-state index < -0.39 is 5.82 Å². The maximum absolute atomic E-state index is 13.3. The van der Waals surface area contributed by atoms with Crippen LogP contribution in [-0.4, -0.2) is 15.7 Å². The summed E-state index contributed by atoms with van der Waals surface area (Å²) in [6.45, 7) is 4.05. The highest BCUT2D eigenvalue weighted by molar-refractivity contribution is 6.31. The van der Waals surface area contributed by atoms with Crippen molar-refractivity contribution in [1.82, 2.24) is 9.78 Å². The van der Waals surface area contributed by atoms with Gasteiger partial charge in [-0.2, -0.15) is 5.10 Å². The molecular formula is C19H16Cl2FN3O. The fraction of sp³-hybridized carbons (Fsp3) is 0.158. The van der Waals surface area contributed by atoms with Crippen LogP contribution in [0.15, 0.2) is 42.5 Å². The molecule has 0 aliphatic carbocycles. The monoisotopic (exact) mass is 391 g/mol.